The van der Waals surface area contributed by atoms with Crippen LogP contribution in [0.1, 0.15) is 5.56 Å². The Bertz CT molecular complexity index is 807. The second kappa shape index (κ2) is 5.74. The minimum Gasteiger partial charge on any atom is -0.352 e. The summed E-state index contributed by atoms with van der Waals surface area (Å²) in [6, 6.07) is 14.3. The van der Waals surface area contributed by atoms with Crippen LogP contribution < -0.4 is 5.32 Å². The van der Waals surface area contributed by atoms with Gasteiger partial charge in [0.25, 0.3) is 0 Å². The van der Waals surface area contributed by atoms with Crippen molar-refractivity contribution in [2.24, 2.45) is 4.99 Å². The number of alkyl halides is 5. The SMILES string of the molecule is FC(F)(F)C(F)(F)C1=CC(c2ccccc2)=Nc2ccccc2N1. The molecule has 0 aromatic heterocycles. The van der Waals surface area contributed by atoms with Crippen LogP contribution in [0.3, 0.4) is 0 Å². The molecule has 0 atom stereocenters. The number of allylic oxidation sites excluding steroid dienone is 2. The fraction of sp³-hybridized carbons (Fsp3) is 0.118. The molecule has 2 nitrogen and oxygen atoms in total. The molecule has 0 saturated carbocycles. The van der Waals surface area contributed by atoms with Gasteiger partial charge in [-0.2, -0.15) is 22.0 Å². The Kier molecular flexibility index (Phi) is 3.87. The maximum atomic E-state index is 13.9. The highest BCUT2D eigenvalue weighted by Gasteiger charge is 2.60. The summed E-state index contributed by atoms with van der Waals surface area (Å²) < 4.78 is 66.1. The van der Waals surface area contributed by atoms with E-state index in [1.807, 2.05) is 0 Å². The Morgan fingerprint density at radius 1 is 0.792 bits per heavy atom. The van der Waals surface area contributed by atoms with E-state index in [1.165, 1.54) is 18.2 Å². The minimum absolute atomic E-state index is 0.0203. The van der Waals surface area contributed by atoms with Crippen LogP contribution in [0.25, 0.3) is 0 Å². The molecule has 0 saturated heterocycles. The van der Waals surface area contributed by atoms with Crippen LogP contribution in [-0.4, -0.2) is 17.8 Å². The van der Waals surface area contributed by atoms with Gasteiger partial charge in [0.05, 0.1) is 22.8 Å². The van der Waals surface area contributed by atoms with E-state index < -0.39 is 17.8 Å². The average molecular weight is 338 g/mol. The van der Waals surface area contributed by atoms with Crippen molar-refractivity contribution in [3.63, 3.8) is 0 Å². The average Bonchev–Trinajstić information content (AvgIpc) is 2.74. The summed E-state index contributed by atoms with van der Waals surface area (Å²) in [6.07, 6.45) is -4.98. The number of hydrogen-bond donors (Lipinski definition) is 1. The predicted octanol–water partition coefficient (Wildman–Crippen LogP) is 5.31. The lowest BCUT2D eigenvalue weighted by Crippen LogP contribution is -2.41. The van der Waals surface area contributed by atoms with E-state index in [0.29, 0.717) is 5.56 Å². The lowest BCUT2D eigenvalue weighted by Gasteiger charge is -2.23. The molecule has 0 radical (unpaired) electrons. The first-order chi connectivity index (χ1) is 11.3. The fourth-order valence-corrected chi connectivity index (χ4v) is 2.24. The van der Waals surface area contributed by atoms with Crippen molar-refractivity contribution in [3.8, 4) is 0 Å². The topological polar surface area (TPSA) is 24.4 Å². The van der Waals surface area contributed by atoms with Gasteiger partial charge in [-0.05, 0) is 18.2 Å². The van der Waals surface area contributed by atoms with Crippen LogP contribution in [0.4, 0.5) is 33.3 Å². The molecule has 0 aliphatic carbocycles. The third kappa shape index (κ3) is 2.89. The number of benzene rings is 2. The first-order valence-electron chi connectivity index (χ1n) is 6.96. The zero-order valence-electron chi connectivity index (χ0n) is 12.1. The van der Waals surface area contributed by atoms with E-state index in [1.54, 1.807) is 36.4 Å². The molecular formula is C17H11F5N2. The monoisotopic (exact) mass is 338 g/mol. The summed E-state index contributed by atoms with van der Waals surface area (Å²) in [5, 5.41) is 2.18. The highest BCUT2D eigenvalue weighted by Crippen LogP contribution is 2.43. The normalized spacial score (nSPS) is 14.9. The Hall–Kier alpha value is -2.70. The molecular weight excluding hydrogens is 327 g/mol. The van der Waals surface area contributed by atoms with E-state index >= 15 is 0 Å². The first kappa shape index (κ1) is 16.2. The van der Waals surface area contributed by atoms with Gasteiger partial charge >= 0.3 is 12.1 Å². The highest BCUT2D eigenvalue weighted by molar-refractivity contribution is 6.11. The summed E-state index contributed by atoms with van der Waals surface area (Å²) in [4.78, 5) is 4.23. The zero-order valence-corrected chi connectivity index (χ0v) is 12.1. The standard InChI is InChI=1S/C17H11F5N2/c18-16(19,17(20,21)22)15-10-14(11-6-2-1-3-7-11)23-12-8-4-5-9-13(12)24-15/h1-10,24H. The molecule has 1 heterocycles. The lowest BCUT2D eigenvalue weighted by atomic mass is 10.1. The quantitative estimate of drug-likeness (QED) is 0.737. The zero-order chi connectivity index (χ0) is 17.4. The first-order valence-corrected chi connectivity index (χ1v) is 6.96. The molecule has 1 aliphatic heterocycles. The molecule has 0 amide bonds. The Morgan fingerprint density at radius 3 is 2.08 bits per heavy atom. The van der Waals surface area contributed by atoms with Crippen LogP contribution >= 0.6 is 0 Å². The number of nitrogens with one attached hydrogen (secondary N) is 1. The summed E-state index contributed by atoms with van der Waals surface area (Å²) in [5.74, 6) is -5.03. The Morgan fingerprint density at radius 2 is 1.42 bits per heavy atom. The molecule has 124 valence electrons. The van der Waals surface area contributed by atoms with Crippen LogP contribution in [-0.2, 0) is 0 Å². The fourth-order valence-electron chi connectivity index (χ4n) is 2.24. The summed E-state index contributed by atoms with van der Waals surface area (Å²) in [6.45, 7) is 0. The maximum absolute atomic E-state index is 13.9. The number of nitrogens with zero attached hydrogens (tertiary/aromatic N) is 1. The third-order valence-electron chi connectivity index (χ3n) is 3.46. The van der Waals surface area contributed by atoms with Gasteiger partial charge < -0.3 is 5.32 Å². The van der Waals surface area contributed by atoms with E-state index in [2.05, 4.69) is 10.3 Å². The van der Waals surface area contributed by atoms with Crippen LogP contribution in [0.15, 0.2) is 71.4 Å². The molecule has 2 aromatic rings. The van der Waals surface area contributed by atoms with Crippen molar-refractivity contribution >= 4 is 17.1 Å². The van der Waals surface area contributed by atoms with Gasteiger partial charge in [0, 0.05) is 5.56 Å². The second-order valence-electron chi connectivity index (χ2n) is 5.14. The molecule has 7 heteroatoms. The van der Waals surface area contributed by atoms with Gasteiger partial charge in [-0.25, -0.2) is 4.99 Å². The van der Waals surface area contributed by atoms with E-state index in [4.69, 9.17) is 0 Å². The molecule has 0 spiro atoms. The van der Waals surface area contributed by atoms with E-state index in [9.17, 15) is 22.0 Å². The van der Waals surface area contributed by atoms with Crippen molar-refractivity contribution in [3.05, 3.63) is 71.9 Å². The van der Waals surface area contributed by atoms with E-state index in [-0.39, 0.29) is 17.1 Å². The van der Waals surface area contributed by atoms with Crippen molar-refractivity contribution in [1.82, 2.24) is 0 Å². The summed E-state index contributed by atoms with van der Waals surface area (Å²) in [7, 11) is 0. The van der Waals surface area contributed by atoms with Crippen LogP contribution in [0, 0.1) is 0 Å². The largest absolute Gasteiger partial charge is 0.459 e. The number of rotatable bonds is 2. The number of halogens is 5. The smallest absolute Gasteiger partial charge is 0.352 e. The second-order valence-corrected chi connectivity index (χ2v) is 5.14. The van der Waals surface area contributed by atoms with Crippen molar-refractivity contribution in [1.29, 1.82) is 0 Å². The molecule has 1 aliphatic rings. The van der Waals surface area contributed by atoms with Crippen LogP contribution in [0.2, 0.25) is 0 Å². The predicted molar refractivity (Wildman–Crippen MR) is 81.8 cm³/mol. The van der Waals surface area contributed by atoms with E-state index in [0.717, 1.165) is 6.08 Å². The molecule has 1 N–H and O–H groups in total. The Labute approximate surface area is 134 Å². The van der Waals surface area contributed by atoms with Gasteiger partial charge in [-0.15, -0.1) is 0 Å². The summed E-state index contributed by atoms with van der Waals surface area (Å²) in [5.41, 5.74) is -0.444. The van der Waals surface area contributed by atoms with Crippen molar-refractivity contribution < 1.29 is 22.0 Å². The molecule has 0 fully saturated rings. The van der Waals surface area contributed by atoms with Crippen molar-refractivity contribution in [2.45, 2.75) is 12.1 Å². The van der Waals surface area contributed by atoms with Crippen LogP contribution in [0.5, 0.6) is 0 Å². The van der Waals surface area contributed by atoms with Gasteiger partial charge in [-0.3, -0.25) is 0 Å². The maximum Gasteiger partial charge on any atom is 0.459 e. The molecule has 2 aromatic carbocycles. The van der Waals surface area contributed by atoms with Gasteiger partial charge in [0.1, 0.15) is 0 Å². The molecule has 24 heavy (non-hydrogen) atoms. The number of fused-ring (bicyclic) bond motifs is 1. The van der Waals surface area contributed by atoms with Gasteiger partial charge in [0.2, 0.25) is 0 Å². The van der Waals surface area contributed by atoms with Gasteiger partial charge in [-0.1, -0.05) is 42.5 Å². The van der Waals surface area contributed by atoms with Gasteiger partial charge in [0.15, 0.2) is 0 Å². The molecule has 0 unspecified atom stereocenters. The highest BCUT2D eigenvalue weighted by atomic mass is 19.4. The number of para-hydroxylation sites is 2. The Balaban J connectivity index is 2.18. The van der Waals surface area contributed by atoms with Crippen molar-refractivity contribution in [2.75, 3.05) is 5.32 Å². The lowest BCUT2D eigenvalue weighted by molar-refractivity contribution is -0.263. The number of hydrogen-bond acceptors (Lipinski definition) is 2. The third-order valence-corrected chi connectivity index (χ3v) is 3.46. The number of aliphatic imine (C=N–C) groups is 1. The molecule has 3 rings (SSSR count). The summed E-state index contributed by atoms with van der Waals surface area (Å²) >= 11 is 0. The molecule has 0 bridgehead atoms. The minimum atomic E-state index is -5.72. The number of anilines is 1.